The summed E-state index contributed by atoms with van der Waals surface area (Å²) in [5.74, 6) is -18.7. The first-order valence-electron chi connectivity index (χ1n) is 7.67. The van der Waals surface area contributed by atoms with Crippen LogP contribution in [0.2, 0.25) is 0 Å². The van der Waals surface area contributed by atoms with E-state index in [0.717, 1.165) is 0 Å². The number of alkyl halides is 3. The van der Waals surface area contributed by atoms with Crippen molar-refractivity contribution in [1.82, 2.24) is 9.78 Å². The minimum absolute atomic E-state index is 0. The van der Waals surface area contributed by atoms with Crippen molar-refractivity contribution >= 4 is 5.78 Å². The summed E-state index contributed by atoms with van der Waals surface area (Å²) in [5.41, 5.74) is -7.39. The van der Waals surface area contributed by atoms with Crippen LogP contribution in [0.3, 0.4) is 0 Å². The molecule has 0 radical (unpaired) electrons. The number of halogens is 10. The van der Waals surface area contributed by atoms with Crippen LogP contribution in [0.1, 0.15) is 21.6 Å². The third-order valence-corrected chi connectivity index (χ3v) is 3.90. The smallest absolute Gasteiger partial charge is 0.436 e. The molecule has 0 aliphatic rings. The number of ketones is 1. The number of aromatic hydroxyl groups is 1. The summed E-state index contributed by atoms with van der Waals surface area (Å²) in [6.45, 7) is 0. The van der Waals surface area contributed by atoms with E-state index in [-0.39, 0.29) is 37.7 Å². The molecule has 1 heterocycles. The quantitative estimate of drug-likeness (QED) is 0.177. The van der Waals surface area contributed by atoms with Gasteiger partial charge in [-0.3, -0.25) is 4.79 Å². The predicted molar refractivity (Wildman–Crippen MR) is 79.8 cm³/mol. The van der Waals surface area contributed by atoms with Crippen LogP contribution >= 0.6 is 0 Å². The molecule has 0 bridgehead atoms. The van der Waals surface area contributed by atoms with E-state index in [2.05, 4.69) is 5.10 Å². The van der Waals surface area contributed by atoms with Crippen LogP contribution in [-0.2, 0) is 25.7 Å². The monoisotopic (exact) mass is 522 g/mol. The molecule has 0 saturated carbocycles. The van der Waals surface area contributed by atoms with Gasteiger partial charge in [0, 0.05) is 31.1 Å². The largest absolute Gasteiger partial charge is 0.493 e. The zero-order valence-electron chi connectivity index (χ0n) is 15.0. The summed E-state index contributed by atoms with van der Waals surface area (Å²) in [5, 5.41) is 12.6. The standard InChI is InChI=1S/C17H4F10N2O2.Zn/c18-5-1-4(2-6(19)10(5)22)14(30)9-15(17(25,26)27)28-29(16(9)31)13-11(23)7(20)3-8(21)12(13)24;/h1-3,31H;. The zero-order valence-corrected chi connectivity index (χ0v) is 17.9. The van der Waals surface area contributed by atoms with E-state index >= 15 is 0 Å². The molecule has 1 N–H and O–H groups in total. The van der Waals surface area contributed by atoms with E-state index < -0.39 is 85.8 Å². The number of aromatic nitrogens is 2. The summed E-state index contributed by atoms with van der Waals surface area (Å²) in [7, 11) is 0. The molecule has 2 aromatic carbocycles. The van der Waals surface area contributed by atoms with Crippen LogP contribution in [0.4, 0.5) is 43.9 Å². The Morgan fingerprint density at radius 3 is 1.69 bits per heavy atom. The Bertz CT molecular complexity index is 1190. The van der Waals surface area contributed by atoms with Crippen LogP contribution in [-0.4, -0.2) is 20.7 Å². The van der Waals surface area contributed by atoms with Crippen molar-refractivity contribution in [2.24, 2.45) is 0 Å². The molecule has 0 saturated heterocycles. The number of carbonyl (C=O) groups excluding carboxylic acids is 1. The second kappa shape index (κ2) is 8.53. The Kier molecular flexibility index (Phi) is 6.74. The Morgan fingerprint density at radius 2 is 1.25 bits per heavy atom. The normalized spacial score (nSPS) is 11.4. The van der Waals surface area contributed by atoms with Crippen molar-refractivity contribution in [3.05, 3.63) is 75.7 Å². The van der Waals surface area contributed by atoms with E-state index in [1.165, 1.54) is 0 Å². The van der Waals surface area contributed by atoms with Crippen LogP contribution in [0, 0.1) is 40.7 Å². The first-order valence-corrected chi connectivity index (χ1v) is 7.67. The minimum Gasteiger partial charge on any atom is -0.493 e. The molecule has 166 valence electrons. The Hall–Kier alpha value is -2.96. The molecule has 3 aromatic rings. The minimum atomic E-state index is -5.61. The second-order valence-electron chi connectivity index (χ2n) is 5.86. The van der Waals surface area contributed by atoms with Crippen molar-refractivity contribution in [2.45, 2.75) is 6.18 Å². The summed E-state index contributed by atoms with van der Waals surface area (Å²) in [4.78, 5) is 12.4. The van der Waals surface area contributed by atoms with E-state index in [9.17, 15) is 53.8 Å². The van der Waals surface area contributed by atoms with Gasteiger partial charge in [-0.05, 0) is 12.1 Å². The molecule has 32 heavy (non-hydrogen) atoms. The van der Waals surface area contributed by atoms with Gasteiger partial charge in [0.1, 0.15) is 11.3 Å². The summed E-state index contributed by atoms with van der Waals surface area (Å²) < 4.78 is 134. The molecule has 0 atom stereocenters. The van der Waals surface area contributed by atoms with Crippen molar-refractivity contribution in [3.63, 3.8) is 0 Å². The van der Waals surface area contributed by atoms with Crippen molar-refractivity contribution in [3.8, 4) is 11.6 Å². The molecule has 0 spiro atoms. The van der Waals surface area contributed by atoms with Crippen LogP contribution in [0.5, 0.6) is 5.88 Å². The Balaban J connectivity index is 0.00000363. The maximum Gasteiger partial charge on any atom is 0.436 e. The van der Waals surface area contributed by atoms with Gasteiger partial charge in [-0.2, -0.15) is 23.0 Å². The number of benzene rings is 2. The van der Waals surface area contributed by atoms with Crippen LogP contribution < -0.4 is 0 Å². The summed E-state index contributed by atoms with van der Waals surface area (Å²) in [6.07, 6.45) is -5.61. The number of carbonyl (C=O) groups is 1. The first-order chi connectivity index (χ1) is 14.3. The van der Waals surface area contributed by atoms with E-state index in [0.29, 0.717) is 0 Å². The number of hydrogen-bond acceptors (Lipinski definition) is 3. The average molecular weight is 524 g/mol. The number of hydrogen-bond donors (Lipinski definition) is 1. The van der Waals surface area contributed by atoms with Gasteiger partial charge in [-0.25, -0.2) is 30.7 Å². The molecule has 0 unspecified atom stereocenters. The second-order valence-corrected chi connectivity index (χ2v) is 5.86. The third kappa shape index (κ3) is 4.08. The van der Waals surface area contributed by atoms with Gasteiger partial charge < -0.3 is 5.11 Å². The van der Waals surface area contributed by atoms with Crippen molar-refractivity contribution in [1.29, 1.82) is 0 Å². The summed E-state index contributed by atoms with van der Waals surface area (Å²) >= 11 is 0. The van der Waals surface area contributed by atoms with Gasteiger partial charge in [0.25, 0.3) is 0 Å². The molecule has 4 nitrogen and oxygen atoms in total. The summed E-state index contributed by atoms with van der Waals surface area (Å²) in [6, 6.07) is -0.309. The molecule has 0 amide bonds. The molecular formula is C17H4F10N2O2Zn. The topological polar surface area (TPSA) is 55.1 Å². The fourth-order valence-corrected chi connectivity index (χ4v) is 2.55. The third-order valence-electron chi connectivity index (χ3n) is 3.90. The van der Waals surface area contributed by atoms with E-state index in [1.54, 1.807) is 0 Å². The van der Waals surface area contributed by atoms with Gasteiger partial charge >= 0.3 is 6.18 Å². The fraction of sp³-hybridized carbons (Fsp3) is 0.0588. The number of nitrogens with zero attached hydrogens (tertiary/aromatic N) is 2. The zero-order chi connectivity index (χ0) is 23.4. The van der Waals surface area contributed by atoms with Gasteiger partial charge in [-0.1, -0.05) is 0 Å². The molecule has 0 aliphatic heterocycles. The molecule has 0 fully saturated rings. The molecule has 3 rings (SSSR count). The fourth-order valence-electron chi connectivity index (χ4n) is 2.55. The maximum absolute atomic E-state index is 14.0. The van der Waals surface area contributed by atoms with E-state index in [1.807, 2.05) is 0 Å². The Morgan fingerprint density at radius 1 is 0.812 bits per heavy atom. The molecule has 1 aromatic heterocycles. The Labute approximate surface area is 182 Å². The van der Waals surface area contributed by atoms with Gasteiger partial charge in [0.2, 0.25) is 11.7 Å². The molecular weight excluding hydrogens is 520 g/mol. The molecule has 0 aliphatic carbocycles. The van der Waals surface area contributed by atoms with Crippen LogP contribution in [0.25, 0.3) is 5.69 Å². The van der Waals surface area contributed by atoms with Gasteiger partial charge in [-0.15, -0.1) is 0 Å². The predicted octanol–water partition coefficient (Wildman–Crippen LogP) is 4.80. The van der Waals surface area contributed by atoms with Crippen LogP contribution in [0.15, 0.2) is 18.2 Å². The SMILES string of the molecule is O=C(c1cc(F)c(F)c(F)c1)c1c(C(F)(F)F)nn(-c2c(F)c(F)cc(F)c2F)c1O.[Zn]. The average Bonchev–Trinajstić information content (AvgIpc) is 3.01. The van der Waals surface area contributed by atoms with Crippen molar-refractivity contribution < 1.29 is 73.3 Å². The van der Waals surface area contributed by atoms with E-state index in [4.69, 9.17) is 0 Å². The first kappa shape index (κ1) is 25.3. The van der Waals surface area contributed by atoms with Gasteiger partial charge in [0.05, 0.1) is 0 Å². The van der Waals surface area contributed by atoms with Crippen molar-refractivity contribution in [2.75, 3.05) is 0 Å². The molecule has 15 heteroatoms. The van der Waals surface area contributed by atoms with Gasteiger partial charge in [0.15, 0.2) is 46.4 Å². The number of rotatable bonds is 3. The maximum atomic E-state index is 14.0.